The molecule has 0 aromatic heterocycles. The van der Waals surface area contributed by atoms with E-state index in [2.05, 4.69) is 16.0 Å². The van der Waals surface area contributed by atoms with Crippen LogP contribution in [0.5, 0.6) is 0 Å². The van der Waals surface area contributed by atoms with Gasteiger partial charge in [0.15, 0.2) is 0 Å². The van der Waals surface area contributed by atoms with Gasteiger partial charge in [0.25, 0.3) is 0 Å². The van der Waals surface area contributed by atoms with Crippen LogP contribution in [-0.2, 0) is 30.5 Å². The van der Waals surface area contributed by atoms with Crippen molar-refractivity contribution in [2.45, 2.75) is 59.1 Å². The van der Waals surface area contributed by atoms with Crippen LogP contribution in [0.2, 0.25) is 0 Å². The maximum atomic E-state index is 12.6. The number of hydrogen-bond donors (Lipinski definition) is 4. The maximum absolute atomic E-state index is 12.6. The van der Waals surface area contributed by atoms with Crippen LogP contribution in [0.1, 0.15) is 52.0 Å². The molecule has 0 radical (unpaired) electrons. The average Bonchev–Trinajstić information content (AvgIpc) is 2.94. The number of carbonyl (C=O) groups is 5. The number of hydrogen-bond acceptors (Lipinski definition) is 8. The van der Waals surface area contributed by atoms with Crippen LogP contribution in [0.15, 0.2) is 24.3 Å². The second kappa shape index (κ2) is 19.2. The van der Waals surface area contributed by atoms with Gasteiger partial charge in [0, 0.05) is 39.3 Å². The molecule has 13 nitrogen and oxygen atoms in total. The number of nitrogens with zero attached hydrogens (tertiary/aromatic N) is 2. The third-order valence-corrected chi connectivity index (χ3v) is 6.06. The summed E-state index contributed by atoms with van der Waals surface area (Å²) in [7, 11) is 3.16. The van der Waals surface area contributed by atoms with E-state index < -0.39 is 30.0 Å². The summed E-state index contributed by atoms with van der Waals surface area (Å²) in [6, 6.07) is 5.97. The van der Waals surface area contributed by atoms with E-state index in [1.165, 1.54) is 9.80 Å². The van der Waals surface area contributed by atoms with Crippen LogP contribution in [0.3, 0.4) is 0 Å². The number of nitrogens with one attached hydrogen (secondary N) is 3. The smallest absolute Gasteiger partial charge is 0.409 e. The van der Waals surface area contributed by atoms with E-state index in [1.54, 1.807) is 45.3 Å². The number of nitrogens with two attached hydrogens (primary N) is 1. The Morgan fingerprint density at radius 1 is 0.878 bits per heavy atom. The van der Waals surface area contributed by atoms with E-state index in [0.29, 0.717) is 37.2 Å². The molecule has 230 valence electrons. The quantitative estimate of drug-likeness (QED) is 0.203. The number of amides is 5. The summed E-state index contributed by atoms with van der Waals surface area (Å²) in [6.45, 7) is 6.55. The van der Waals surface area contributed by atoms with Gasteiger partial charge in [0.05, 0.1) is 13.2 Å². The Morgan fingerprint density at radius 2 is 1.49 bits per heavy atom. The molecule has 0 aliphatic heterocycles. The molecule has 1 unspecified atom stereocenters. The van der Waals surface area contributed by atoms with Gasteiger partial charge in [-0.1, -0.05) is 32.4 Å². The molecule has 0 spiro atoms. The van der Waals surface area contributed by atoms with Gasteiger partial charge >= 0.3 is 12.2 Å². The topological polar surface area (TPSA) is 172 Å². The predicted molar refractivity (Wildman–Crippen MR) is 155 cm³/mol. The van der Waals surface area contributed by atoms with Gasteiger partial charge in [-0.2, -0.15) is 0 Å². The summed E-state index contributed by atoms with van der Waals surface area (Å²) in [5, 5.41) is 8.02. The summed E-state index contributed by atoms with van der Waals surface area (Å²) in [4.78, 5) is 63.8. The molecular formula is C28H46N6O7. The number of carbonyl (C=O) groups excluding carboxylic acids is 5. The summed E-state index contributed by atoms with van der Waals surface area (Å²) in [6.07, 6.45) is 1.72. The van der Waals surface area contributed by atoms with Gasteiger partial charge in [-0.15, -0.1) is 0 Å². The van der Waals surface area contributed by atoms with E-state index in [0.717, 1.165) is 12.8 Å². The van der Waals surface area contributed by atoms with Gasteiger partial charge in [0.2, 0.25) is 17.7 Å². The maximum Gasteiger partial charge on any atom is 0.409 e. The summed E-state index contributed by atoms with van der Waals surface area (Å²) in [5.41, 5.74) is 6.68. The Kier molecular flexibility index (Phi) is 16.5. The van der Waals surface area contributed by atoms with Crippen molar-refractivity contribution in [3.05, 3.63) is 29.8 Å². The molecule has 0 fully saturated rings. The Hall–Kier alpha value is -3.87. The van der Waals surface area contributed by atoms with Crippen LogP contribution in [0.4, 0.5) is 15.3 Å². The fourth-order valence-electron chi connectivity index (χ4n) is 3.53. The normalized spacial score (nSPS) is 11.3. The van der Waals surface area contributed by atoms with Gasteiger partial charge in [0.1, 0.15) is 12.6 Å². The number of likely N-dealkylation sites (N-methyl/N-ethyl adjacent to an activating group) is 2. The minimum atomic E-state index is -0.746. The molecule has 0 saturated carbocycles. The second-order valence-corrected chi connectivity index (χ2v) is 9.95. The predicted octanol–water partition coefficient (Wildman–Crippen LogP) is 2.06. The largest absolute Gasteiger partial charge is 0.450 e. The highest BCUT2D eigenvalue weighted by Crippen LogP contribution is 2.11. The minimum Gasteiger partial charge on any atom is -0.450 e. The third-order valence-electron chi connectivity index (χ3n) is 6.06. The standard InChI is InChI=1S/C28H46N6O7/c1-6-40-27(38)33(4)16-17-34(5)28(39)41-19-21-11-13-22(14-12-21)31-24(36)18-30-26(37)25(20(2)3)32-23(35)10-8-7-9-15-29/h11-14,20,25H,6-10,15-19,29H2,1-5H3,(H,30,37)(H,31,36)(H,32,35). The van der Waals surface area contributed by atoms with Crippen molar-refractivity contribution in [2.75, 3.05) is 52.2 Å². The highest BCUT2D eigenvalue weighted by molar-refractivity contribution is 5.96. The van der Waals surface area contributed by atoms with Crippen molar-refractivity contribution in [1.82, 2.24) is 20.4 Å². The van der Waals surface area contributed by atoms with Crippen LogP contribution >= 0.6 is 0 Å². The Balaban J connectivity index is 2.45. The van der Waals surface area contributed by atoms with E-state index in [-0.39, 0.29) is 38.1 Å². The van der Waals surface area contributed by atoms with Crippen LogP contribution in [0, 0.1) is 5.92 Å². The molecule has 0 heterocycles. The Morgan fingerprint density at radius 3 is 2.05 bits per heavy atom. The van der Waals surface area contributed by atoms with Gasteiger partial charge in [-0.3, -0.25) is 14.4 Å². The van der Waals surface area contributed by atoms with Crippen molar-refractivity contribution >= 4 is 35.6 Å². The van der Waals surface area contributed by atoms with Gasteiger partial charge in [-0.25, -0.2) is 9.59 Å². The fourth-order valence-corrected chi connectivity index (χ4v) is 3.53. The lowest BCUT2D eigenvalue weighted by atomic mass is 10.0. The lowest BCUT2D eigenvalue weighted by molar-refractivity contribution is -0.130. The SMILES string of the molecule is CCOC(=O)N(C)CCN(C)C(=O)OCc1ccc(NC(=O)CNC(=O)C(NC(=O)CCCCCN)C(C)C)cc1. The number of anilines is 1. The monoisotopic (exact) mass is 578 g/mol. The number of ether oxygens (including phenoxy) is 2. The molecule has 1 aromatic rings. The van der Waals surface area contributed by atoms with Gasteiger partial charge < -0.3 is 41.0 Å². The highest BCUT2D eigenvalue weighted by atomic mass is 16.6. The highest BCUT2D eigenvalue weighted by Gasteiger charge is 2.24. The average molecular weight is 579 g/mol. The van der Waals surface area contributed by atoms with E-state index >= 15 is 0 Å². The summed E-state index contributed by atoms with van der Waals surface area (Å²) >= 11 is 0. The number of benzene rings is 1. The molecule has 5 N–H and O–H groups in total. The van der Waals surface area contributed by atoms with Crippen molar-refractivity contribution in [2.24, 2.45) is 11.7 Å². The zero-order chi connectivity index (χ0) is 30.8. The summed E-state index contributed by atoms with van der Waals surface area (Å²) in [5.74, 6) is -1.22. The van der Waals surface area contributed by atoms with Crippen LogP contribution < -0.4 is 21.7 Å². The minimum absolute atomic E-state index is 0.0243. The Labute approximate surface area is 242 Å². The molecule has 0 aliphatic rings. The third kappa shape index (κ3) is 14.4. The molecule has 5 amide bonds. The van der Waals surface area contributed by atoms with Crippen molar-refractivity contribution in [1.29, 1.82) is 0 Å². The van der Waals surface area contributed by atoms with E-state index in [9.17, 15) is 24.0 Å². The first-order chi connectivity index (χ1) is 19.5. The van der Waals surface area contributed by atoms with Crippen LogP contribution in [-0.4, -0.2) is 92.6 Å². The molecule has 1 aromatic carbocycles. The number of unbranched alkanes of at least 4 members (excludes halogenated alkanes) is 2. The zero-order valence-corrected chi connectivity index (χ0v) is 24.9. The first kappa shape index (κ1) is 35.2. The second-order valence-electron chi connectivity index (χ2n) is 9.95. The molecule has 1 atom stereocenters. The molecule has 0 aliphatic carbocycles. The zero-order valence-electron chi connectivity index (χ0n) is 24.9. The first-order valence-corrected chi connectivity index (χ1v) is 13.9. The first-order valence-electron chi connectivity index (χ1n) is 13.9. The van der Waals surface area contributed by atoms with Crippen molar-refractivity contribution < 1.29 is 33.4 Å². The van der Waals surface area contributed by atoms with Crippen molar-refractivity contribution in [3.8, 4) is 0 Å². The molecule has 41 heavy (non-hydrogen) atoms. The van der Waals surface area contributed by atoms with Crippen LogP contribution in [0.25, 0.3) is 0 Å². The molecule has 0 bridgehead atoms. The fraction of sp³-hybridized carbons (Fsp3) is 0.607. The number of rotatable bonds is 17. The van der Waals surface area contributed by atoms with Gasteiger partial charge in [-0.05, 0) is 49.9 Å². The lowest BCUT2D eigenvalue weighted by Gasteiger charge is -2.21. The lowest BCUT2D eigenvalue weighted by Crippen LogP contribution is -2.51. The summed E-state index contributed by atoms with van der Waals surface area (Å²) < 4.78 is 10.2. The Bertz CT molecular complexity index is 987. The van der Waals surface area contributed by atoms with E-state index in [4.69, 9.17) is 15.2 Å². The molecule has 1 rings (SSSR count). The molecule has 13 heteroatoms. The van der Waals surface area contributed by atoms with E-state index in [1.807, 2.05) is 13.8 Å². The molecule has 0 saturated heterocycles. The molecular weight excluding hydrogens is 532 g/mol. The van der Waals surface area contributed by atoms with Crippen molar-refractivity contribution in [3.63, 3.8) is 0 Å².